The van der Waals surface area contributed by atoms with E-state index in [1.807, 2.05) is 11.4 Å². The first-order chi connectivity index (χ1) is 6.69. The average Bonchev–Trinajstić information content (AvgIpc) is 2.65. The van der Waals surface area contributed by atoms with Crippen LogP contribution < -0.4 is 4.74 Å². The number of thiophene rings is 1. The first-order valence-corrected chi connectivity index (χ1v) is 5.71. The molecule has 0 aliphatic carbocycles. The van der Waals surface area contributed by atoms with Gasteiger partial charge in [-0.1, -0.05) is 20.3 Å². The summed E-state index contributed by atoms with van der Waals surface area (Å²) in [5.41, 5.74) is 0. The van der Waals surface area contributed by atoms with Gasteiger partial charge in [0.1, 0.15) is 10.6 Å². The van der Waals surface area contributed by atoms with Crippen LogP contribution in [0.2, 0.25) is 0 Å². The van der Waals surface area contributed by atoms with Crippen LogP contribution in [0.5, 0.6) is 5.75 Å². The van der Waals surface area contributed by atoms with Crippen molar-refractivity contribution in [3.05, 3.63) is 16.3 Å². The Bertz CT molecular complexity index is 304. The fourth-order valence-electron chi connectivity index (χ4n) is 1.22. The maximum absolute atomic E-state index is 11.8. The third-order valence-corrected chi connectivity index (χ3v) is 3.27. The summed E-state index contributed by atoms with van der Waals surface area (Å²) < 4.78 is 5.11. The van der Waals surface area contributed by atoms with Gasteiger partial charge in [0, 0.05) is 6.42 Å². The van der Waals surface area contributed by atoms with E-state index in [1.54, 1.807) is 7.11 Å². The van der Waals surface area contributed by atoms with Crippen molar-refractivity contribution >= 4 is 17.1 Å². The van der Waals surface area contributed by atoms with E-state index in [-0.39, 0.29) is 5.78 Å². The van der Waals surface area contributed by atoms with Crippen molar-refractivity contribution in [1.29, 1.82) is 0 Å². The van der Waals surface area contributed by atoms with Gasteiger partial charge < -0.3 is 4.74 Å². The Kier molecular flexibility index (Phi) is 4.14. The third-order valence-electron chi connectivity index (χ3n) is 2.33. The zero-order valence-corrected chi connectivity index (χ0v) is 9.69. The van der Waals surface area contributed by atoms with E-state index >= 15 is 0 Å². The predicted molar refractivity (Wildman–Crippen MR) is 59.3 cm³/mol. The van der Waals surface area contributed by atoms with Crippen molar-refractivity contribution in [3.63, 3.8) is 0 Å². The Morgan fingerprint density at radius 2 is 2.36 bits per heavy atom. The molecule has 1 atom stereocenters. The van der Waals surface area contributed by atoms with Crippen LogP contribution in [0.4, 0.5) is 0 Å². The standard InChI is InChI=1S/C11H16O2S/c1-4-8(2)7-9(12)11-10(13-3)5-6-14-11/h5-6,8H,4,7H2,1-3H3. The van der Waals surface area contributed by atoms with Crippen LogP contribution in [0.3, 0.4) is 0 Å². The molecule has 0 amide bonds. The van der Waals surface area contributed by atoms with Crippen molar-refractivity contribution in [2.45, 2.75) is 26.7 Å². The first-order valence-electron chi connectivity index (χ1n) is 4.83. The largest absolute Gasteiger partial charge is 0.495 e. The molecule has 0 N–H and O–H groups in total. The molecule has 78 valence electrons. The molecular weight excluding hydrogens is 196 g/mol. The number of methoxy groups -OCH3 is 1. The predicted octanol–water partition coefficient (Wildman–Crippen LogP) is 3.38. The van der Waals surface area contributed by atoms with E-state index < -0.39 is 0 Å². The molecule has 1 heterocycles. The zero-order valence-electron chi connectivity index (χ0n) is 8.87. The maximum atomic E-state index is 11.8. The molecule has 1 aromatic rings. The van der Waals surface area contributed by atoms with Crippen molar-refractivity contribution in [1.82, 2.24) is 0 Å². The maximum Gasteiger partial charge on any atom is 0.176 e. The minimum Gasteiger partial charge on any atom is -0.495 e. The summed E-state index contributed by atoms with van der Waals surface area (Å²) >= 11 is 1.46. The van der Waals surface area contributed by atoms with Gasteiger partial charge in [-0.2, -0.15) is 0 Å². The molecule has 0 aliphatic rings. The number of ether oxygens (including phenoxy) is 1. The molecule has 0 fully saturated rings. The van der Waals surface area contributed by atoms with Crippen LogP contribution in [0.1, 0.15) is 36.4 Å². The van der Waals surface area contributed by atoms with Crippen LogP contribution in [-0.4, -0.2) is 12.9 Å². The lowest BCUT2D eigenvalue weighted by Crippen LogP contribution is -2.04. The molecule has 0 aliphatic heterocycles. The third kappa shape index (κ3) is 2.58. The molecule has 14 heavy (non-hydrogen) atoms. The molecule has 0 saturated heterocycles. The van der Waals surface area contributed by atoms with Gasteiger partial charge in [-0.25, -0.2) is 0 Å². The van der Waals surface area contributed by atoms with Gasteiger partial charge in [-0.05, 0) is 17.4 Å². The van der Waals surface area contributed by atoms with Crippen LogP contribution in [0, 0.1) is 5.92 Å². The second kappa shape index (κ2) is 5.15. The molecule has 2 nitrogen and oxygen atoms in total. The summed E-state index contributed by atoms with van der Waals surface area (Å²) in [4.78, 5) is 12.5. The molecule has 0 aromatic carbocycles. The lowest BCUT2D eigenvalue weighted by Gasteiger charge is -2.06. The van der Waals surface area contributed by atoms with E-state index in [4.69, 9.17) is 4.74 Å². The Balaban J connectivity index is 2.69. The summed E-state index contributed by atoms with van der Waals surface area (Å²) in [6.07, 6.45) is 1.66. The highest BCUT2D eigenvalue weighted by Gasteiger charge is 2.15. The molecule has 0 bridgehead atoms. The second-order valence-corrected chi connectivity index (χ2v) is 4.37. The van der Waals surface area contributed by atoms with Crippen LogP contribution in [0.15, 0.2) is 11.4 Å². The second-order valence-electron chi connectivity index (χ2n) is 3.46. The number of ketones is 1. The summed E-state index contributed by atoms with van der Waals surface area (Å²) in [5.74, 6) is 1.36. The minimum atomic E-state index is 0.200. The van der Waals surface area contributed by atoms with Gasteiger partial charge >= 0.3 is 0 Å². The highest BCUT2D eigenvalue weighted by Crippen LogP contribution is 2.27. The lowest BCUT2D eigenvalue weighted by molar-refractivity contribution is 0.0965. The average molecular weight is 212 g/mol. The molecule has 0 spiro atoms. The first kappa shape index (κ1) is 11.2. The fourth-order valence-corrected chi connectivity index (χ4v) is 2.03. The van der Waals surface area contributed by atoms with Gasteiger partial charge in [0.15, 0.2) is 5.78 Å². The Morgan fingerprint density at radius 1 is 1.64 bits per heavy atom. The van der Waals surface area contributed by atoms with E-state index in [0.717, 1.165) is 11.3 Å². The Labute approximate surface area is 88.9 Å². The Morgan fingerprint density at radius 3 is 2.93 bits per heavy atom. The minimum absolute atomic E-state index is 0.200. The van der Waals surface area contributed by atoms with E-state index in [0.29, 0.717) is 18.1 Å². The van der Waals surface area contributed by atoms with Crippen molar-refractivity contribution in [2.75, 3.05) is 7.11 Å². The van der Waals surface area contributed by atoms with Crippen LogP contribution in [-0.2, 0) is 0 Å². The van der Waals surface area contributed by atoms with Crippen LogP contribution >= 0.6 is 11.3 Å². The number of hydrogen-bond acceptors (Lipinski definition) is 3. The van der Waals surface area contributed by atoms with E-state index in [9.17, 15) is 4.79 Å². The molecule has 1 aromatic heterocycles. The number of rotatable bonds is 5. The monoisotopic (exact) mass is 212 g/mol. The molecule has 1 unspecified atom stereocenters. The Hall–Kier alpha value is -0.830. The van der Waals surface area contributed by atoms with Crippen LogP contribution in [0.25, 0.3) is 0 Å². The van der Waals surface area contributed by atoms with Crippen molar-refractivity contribution in [2.24, 2.45) is 5.92 Å². The fraction of sp³-hybridized carbons (Fsp3) is 0.545. The van der Waals surface area contributed by atoms with Gasteiger partial charge in [0.05, 0.1) is 7.11 Å². The summed E-state index contributed by atoms with van der Waals surface area (Å²) in [5, 5.41) is 1.89. The molecular formula is C11H16O2S. The SMILES string of the molecule is CCC(C)CC(=O)c1sccc1OC. The topological polar surface area (TPSA) is 26.3 Å². The normalized spacial score (nSPS) is 12.5. The zero-order chi connectivity index (χ0) is 10.6. The summed E-state index contributed by atoms with van der Waals surface area (Å²) in [7, 11) is 1.60. The van der Waals surface area contributed by atoms with E-state index in [2.05, 4.69) is 13.8 Å². The molecule has 3 heteroatoms. The lowest BCUT2D eigenvalue weighted by atomic mass is 10.0. The molecule has 0 saturated carbocycles. The van der Waals surface area contributed by atoms with Gasteiger partial charge in [0.2, 0.25) is 0 Å². The quantitative estimate of drug-likeness (QED) is 0.699. The van der Waals surface area contributed by atoms with E-state index in [1.165, 1.54) is 11.3 Å². The summed E-state index contributed by atoms with van der Waals surface area (Å²) in [6.45, 7) is 4.20. The molecule has 0 radical (unpaired) electrons. The number of hydrogen-bond donors (Lipinski definition) is 0. The van der Waals surface area contributed by atoms with Crippen molar-refractivity contribution < 1.29 is 9.53 Å². The number of carbonyl (C=O) groups excluding carboxylic acids is 1. The highest BCUT2D eigenvalue weighted by molar-refractivity contribution is 7.12. The summed E-state index contributed by atoms with van der Waals surface area (Å²) in [6, 6.07) is 1.84. The number of carbonyl (C=O) groups is 1. The van der Waals surface area contributed by atoms with Gasteiger partial charge in [-0.15, -0.1) is 11.3 Å². The number of Topliss-reactive ketones (excluding diaryl/α,β-unsaturated/α-hetero) is 1. The molecule has 1 rings (SSSR count). The van der Waals surface area contributed by atoms with Gasteiger partial charge in [-0.3, -0.25) is 4.79 Å². The van der Waals surface area contributed by atoms with Crippen molar-refractivity contribution in [3.8, 4) is 5.75 Å². The highest BCUT2D eigenvalue weighted by atomic mass is 32.1. The smallest absolute Gasteiger partial charge is 0.176 e. The van der Waals surface area contributed by atoms with Gasteiger partial charge in [0.25, 0.3) is 0 Å².